The smallest absolute Gasteiger partial charge is 0.326 e. The number of carboxylic acid groups (broad SMARTS) is 1. The van der Waals surface area contributed by atoms with Crippen LogP contribution in [0, 0.1) is 0 Å². The zero-order valence-corrected chi connectivity index (χ0v) is 9.61. The van der Waals surface area contributed by atoms with E-state index in [1.807, 2.05) is 0 Å². The number of hydrogen-bond donors (Lipinski definition) is 1. The fourth-order valence-electron chi connectivity index (χ4n) is 1.82. The van der Waals surface area contributed by atoms with Crippen LogP contribution >= 0.6 is 0 Å². The van der Waals surface area contributed by atoms with Crippen molar-refractivity contribution >= 4 is 11.9 Å². The van der Waals surface area contributed by atoms with E-state index in [0.717, 1.165) is 12.8 Å². The summed E-state index contributed by atoms with van der Waals surface area (Å²) in [6, 6.07) is 1.05. The second-order valence-corrected chi connectivity index (χ2v) is 4.25. The second kappa shape index (κ2) is 4.57. The summed E-state index contributed by atoms with van der Waals surface area (Å²) in [5, 5.41) is 12.9. The number of aliphatic carboxylic acids is 1. The highest BCUT2D eigenvalue weighted by Gasteiger charge is 2.38. The summed E-state index contributed by atoms with van der Waals surface area (Å²) in [7, 11) is 0. The zero-order valence-electron chi connectivity index (χ0n) is 9.61. The molecule has 6 nitrogen and oxygen atoms in total. The number of carboxylic acids is 1. The quantitative estimate of drug-likeness (QED) is 0.801. The minimum Gasteiger partial charge on any atom is -0.480 e. The molecule has 0 aromatic carbocycles. The number of amides is 1. The summed E-state index contributed by atoms with van der Waals surface area (Å²) in [4.78, 5) is 24.5. The van der Waals surface area contributed by atoms with Crippen molar-refractivity contribution in [1.29, 1.82) is 0 Å². The first-order valence-electron chi connectivity index (χ1n) is 5.61. The van der Waals surface area contributed by atoms with Crippen molar-refractivity contribution in [3.63, 3.8) is 0 Å². The van der Waals surface area contributed by atoms with Gasteiger partial charge in [-0.1, -0.05) is 0 Å². The molecular weight excluding hydrogens is 222 g/mol. The third-order valence-electron chi connectivity index (χ3n) is 2.86. The van der Waals surface area contributed by atoms with E-state index >= 15 is 0 Å². The molecule has 0 spiro atoms. The minimum atomic E-state index is -0.967. The molecule has 0 saturated heterocycles. The number of carbonyl (C=O) groups is 2. The maximum absolute atomic E-state index is 12.0. The molecule has 0 bridgehead atoms. The maximum atomic E-state index is 12.0. The van der Waals surface area contributed by atoms with Gasteiger partial charge in [0.2, 0.25) is 5.91 Å². The molecule has 1 unspecified atom stereocenters. The highest BCUT2D eigenvalue weighted by atomic mass is 16.4. The first kappa shape index (κ1) is 11.6. The fourth-order valence-corrected chi connectivity index (χ4v) is 1.82. The van der Waals surface area contributed by atoms with Gasteiger partial charge in [-0.05, 0) is 25.8 Å². The van der Waals surface area contributed by atoms with E-state index in [4.69, 9.17) is 5.11 Å². The molecule has 1 amide bonds. The molecule has 1 aromatic heterocycles. The normalized spacial score (nSPS) is 16.5. The molecule has 1 aliphatic carbocycles. The van der Waals surface area contributed by atoms with Gasteiger partial charge >= 0.3 is 5.97 Å². The molecule has 1 atom stereocenters. The lowest BCUT2D eigenvalue weighted by Gasteiger charge is -2.26. The lowest BCUT2D eigenvalue weighted by Crippen LogP contribution is -2.46. The van der Waals surface area contributed by atoms with Crippen molar-refractivity contribution in [1.82, 2.24) is 14.7 Å². The van der Waals surface area contributed by atoms with E-state index in [0.29, 0.717) is 0 Å². The number of carbonyl (C=O) groups excluding carboxylic acids is 1. The molecule has 17 heavy (non-hydrogen) atoms. The summed E-state index contributed by atoms with van der Waals surface area (Å²) in [6.45, 7) is 1.64. The predicted molar refractivity (Wildman–Crippen MR) is 59.2 cm³/mol. The highest BCUT2D eigenvalue weighted by molar-refractivity contribution is 5.83. The van der Waals surface area contributed by atoms with Crippen LogP contribution < -0.4 is 0 Å². The van der Waals surface area contributed by atoms with Crippen LogP contribution in [0.3, 0.4) is 0 Å². The molecule has 1 N–H and O–H groups in total. The van der Waals surface area contributed by atoms with E-state index in [2.05, 4.69) is 5.10 Å². The molecule has 1 aliphatic rings. The Labute approximate surface area is 98.8 Å². The molecular formula is C11H15N3O3. The summed E-state index contributed by atoms with van der Waals surface area (Å²) in [5.41, 5.74) is 0. The summed E-state index contributed by atoms with van der Waals surface area (Å²) in [6.07, 6.45) is 5.06. The largest absolute Gasteiger partial charge is 0.480 e. The molecule has 1 heterocycles. The van der Waals surface area contributed by atoms with E-state index in [-0.39, 0.29) is 18.5 Å². The van der Waals surface area contributed by atoms with E-state index in [9.17, 15) is 9.59 Å². The highest BCUT2D eigenvalue weighted by Crippen LogP contribution is 2.29. The molecule has 1 aromatic rings. The minimum absolute atomic E-state index is 0.0872. The van der Waals surface area contributed by atoms with Gasteiger partial charge in [-0.15, -0.1) is 0 Å². The van der Waals surface area contributed by atoms with Gasteiger partial charge in [0.05, 0.1) is 0 Å². The Bertz CT molecular complexity index is 412. The maximum Gasteiger partial charge on any atom is 0.326 e. The lowest BCUT2D eigenvalue weighted by molar-refractivity contribution is -0.150. The summed E-state index contributed by atoms with van der Waals surface area (Å²) >= 11 is 0. The molecule has 1 fully saturated rings. The molecule has 92 valence electrons. The van der Waals surface area contributed by atoms with Crippen LogP contribution in [0.15, 0.2) is 18.5 Å². The van der Waals surface area contributed by atoms with E-state index < -0.39 is 12.0 Å². The van der Waals surface area contributed by atoms with Crippen LogP contribution in [-0.4, -0.2) is 43.7 Å². The Morgan fingerprint density at radius 1 is 1.59 bits per heavy atom. The zero-order chi connectivity index (χ0) is 12.4. The molecule has 6 heteroatoms. The Morgan fingerprint density at radius 3 is 2.76 bits per heavy atom. The van der Waals surface area contributed by atoms with Gasteiger partial charge in [0.1, 0.15) is 12.6 Å². The standard InChI is InChI=1S/C11H15N3O3/c1-8(11(16)17)14(9-3-4-9)10(15)7-13-6-2-5-12-13/h2,5-6,8-9H,3-4,7H2,1H3,(H,16,17). The van der Waals surface area contributed by atoms with Crippen LogP contribution in [0.1, 0.15) is 19.8 Å². The molecule has 1 saturated carbocycles. The van der Waals surface area contributed by atoms with Crippen molar-refractivity contribution in [3.8, 4) is 0 Å². The van der Waals surface area contributed by atoms with Crippen molar-refractivity contribution in [2.24, 2.45) is 0 Å². The first-order valence-corrected chi connectivity index (χ1v) is 5.61. The summed E-state index contributed by atoms with van der Waals surface area (Å²) in [5.74, 6) is -1.16. The third-order valence-corrected chi connectivity index (χ3v) is 2.86. The van der Waals surface area contributed by atoms with Crippen LogP contribution in [0.25, 0.3) is 0 Å². The SMILES string of the molecule is CC(C(=O)O)N(C(=O)Cn1cccn1)C1CC1. The van der Waals surface area contributed by atoms with E-state index in [1.165, 1.54) is 9.58 Å². The van der Waals surface area contributed by atoms with Gasteiger partial charge in [0.25, 0.3) is 0 Å². The Balaban J connectivity index is 2.05. The van der Waals surface area contributed by atoms with Gasteiger partial charge < -0.3 is 10.0 Å². The van der Waals surface area contributed by atoms with Gasteiger partial charge in [0, 0.05) is 18.4 Å². The van der Waals surface area contributed by atoms with Crippen molar-refractivity contribution < 1.29 is 14.7 Å². The Hall–Kier alpha value is -1.85. The fraction of sp³-hybridized carbons (Fsp3) is 0.545. The third kappa shape index (κ3) is 2.64. The van der Waals surface area contributed by atoms with Crippen LogP contribution in [-0.2, 0) is 16.1 Å². The molecule has 0 radical (unpaired) electrons. The molecule has 0 aliphatic heterocycles. The van der Waals surface area contributed by atoms with Crippen molar-refractivity contribution in [2.45, 2.75) is 38.4 Å². The van der Waals surface area contributed by atoms with Crippen molar-refractivity contribution in [2.75, 3.05) is 0 Å². The topological polar surface area (TPSA) is 75.4 Å². The number of nitrogens with zero attached hydrogens (tertiary/aromatic N) is 3. The summed E-state index contributed by atoms with van der Waals surface area (Å²) < 4.78 is 1.51. The lowest BCUT2D eigenvalue weighted by atomic mass is 10.2. The average molecular weight is 237 g/mol. The van der Waals surface area contributed by atoms with Gasteiger partial charge in [0.15, 0.2) is 0 Å². The number of aromatic nitrogens is 2. The monoisotopic (exact) mass is 237 g/mol. The van der Waals surface area contributed by atoms with Gasteiger partial charge in [-0.25, -0.2) is 4.79 Å². The molecule has 2 rings (SSSR count). The Morgan fingerprint density at radius 2 is 2.29 bits per heavy atom. The number of hydrogen-bond acceptors (Lipinski definition) is 3. The Kier molecular flexibility index (Phi) is 3.12. The first-order chi connectivity index (χ1) is 8.09. The van der Waals surface area contributed by atoms with E-state index in [1.54, 1.807) is 25.4 Å². The van der Waals surface area contributed by atoms with Crippen LogP contribution in [0.5, 0.6) is 0 Å². The predicted octanol–water partition coefficient (Wildman–Crippen LogP) is 0.347. The second-order valence-electron chi connectivity index (χ2n) is 4.25. The average Bonchev–Trinajstić information content (AvgIpc) is 2.96. The van der Waals surface area contributed by atoms with Crippen LogP contribution in [0.2, 0.25) is 0 Å². The van der Waals surface area contributed by atoms with Gasteiger partial charge in [-0.2, -0.15) is 5.10 Å². The number of rotatable bonds is 5. The van der Waals surface area contributed by atoms with Crippen molar-refractivity contribution in [3.05, 3.63) is 18.5 Å². The van der Waals surface area contributed by atoms with Crippen LogP contribution in [0.4, 0.5) is 0 Å². The van der Waals surface area contributed by atoms with Gasteiger partial charge in [-0.3, -0.25) is 9.48 Å².